The van der Waals surface area contributed by atoms with Crippen molar-refractivity contribution in [2.45, 2.75) is 6.04 Å². The molecule has 0 saturated carbocycles. The van der Waals surface area contributed by atoms with Crippen LogP contribution >= 0.6 is 11.6 Å². The van der Waals surface area contributed by atoms with Crippen molar-refractivity contribution < 1.29 is 23.8 Å². The first-order chi connectivity index (χ1) is 18.8. The van der Waals surface area contributed by atoms with E-state index < -0.39 is 11.9 Å². The summed E-state index contributed by atoms with van der Waals surface area (Å²) in [5, 5.41) is 15.6. The molecule has 9 nitrogen and oxygen atoms in total. The molecule has 0 spiro atoms. The number of rotatable bonds is 3. The zero-order chi connectivity index (χ0) is 27.4. The van der Waals surface area contributed by atoms with Gasteiger partial charge in [-0.3, -0.25) is 14.3 Å². The lowest BCUT2D eigenvalue weighted by molar-refractivity contribution is -0.128. The molecule has 11 heteroatoms. The third-order valence-corrected chi connectivity index (χ3v) is 7.56. The van der Waals surface area contributed by atoms with E-state index in [1.807, 2.05) is 19.2 Å². The van der Waals surface area contributed by atoms with Crippen LogP contribution in [0.15, 0.2) is 55.3 Å². The summed E-state index contributed by atoms with van der Waals surface area (Å²) in [6.45, 7) is 4.47. The summed E-state index contributed by atoms with van der Waals surface area (Å²) in [7, 11) is 1.82. The zero-order valence-electron chi connectivity index (χ0n) is 20.9. The van der Waals surface area contributed by atoms with Gasteiger partial charge in [0.1, 0.15) is 34.5 Å². The number of aryl methyl sites for hydroxylation is 1. The Bertz CT molecular complexity index is 1670. The molecule has 2 aliphatic heterocycles. The number of carbonyl (C=O) groups excluding carboxylic acids is 2. The average Bonchev–Trinajstić information content (AvgIpc) is 3.24. The molecule has 1 N–H and O–H groups in total. The van der Waals surface area contributed by atoms with E-state index in [2.05, 4.69) is 16.7 Å². The monoisotopic (exact) mass is 547 g/mol. The van der Waals surface area contributed by atoms with Crippen LogP contribution in [0.5, 0.6) is 11.5 Å². The van der Waals surface area contributed by atoms with Gasteiger partial charge >= 0.3 is 0 Å². The molecule has 39 heavy (non-hydrogen) atoms. The SMILES string of the molecule is C=CC(=O)N1CCN2C(=O)c3c(-c4ccc5c(cnn5C)c4)nc(-c4c(O)cccc4F)c(Cl)c3OC[C@H]2C1. The van der Waals surface area contributed by atoms with Crippen LogP contribution in [0, 0.1) is 5.82 Å². The van der Waals surface area contributed by atoms with E-state index in [9.17, 15) is 14.7 Å². The highest BCUT2D eigenvalue weighted by Crippen LogP contribution is 2.46. The van der Waals surface area contributed by atoms with Crippen LogP contribution in [0.3, 0.4) is 0 Å². The lowest BCUT2D eigenvalue weighted by Gasteiger charge is -2.39. The van der Waals surface area contributed by atoms with Crippen molar-refractivity contribution >= 4 is 34.3 Å². The Morgan fingerprint density at radius 1 is 1.23 bits per heavy atom. The molecule has 2 amide bonds. The van der Waals surface area contributed by atoms with Crippen molar-refractivity contribution in [3.05, 3.63) is 71.7 Å². The lowest BCUT2D eigenvalue weighted by atomic mass is 9.99. The normalized spacial score (nSPS) is 16.9. The maximum absolute atomic E-state index is 15.0. The van der Waals surface area contributed by atoms with Crippen LogP contribution in [0.4, 0.5) is 4.39 Å². The highest BCUT2D eigenvalue weighted by atomic mass is 35.5. The van der Waals surface area contributed by atoms with E-state index in [0.29, 0.717) is 12.1 Å². The van der Waals surface area contributed by atoms with Gasteiger partial charge in [-0.05, 0) is 30.3 Å². The zero-order valence-corrected chi connectivity index (χ0v) is 21.7. The molecule has 1 saturated heterocycles. The molecule has 4 heterocycles. The summed E-state index contributed by atoms with van der Waals surface area (Å²) >= 11 is 6.77. The van der Waals surface area contributed by atoms with Gasteiger partial charge in [0.25, 0.3) is 5.91 Å². The molecule has 2 aliphatic rings. The summed E-state index contributed by atoms with van der Waals surface area (Å²) in [5.74, 6) is -1.63. The number of aromatic nitrogens is 3. The van der Waals surface area contributed by atoms with Gasteiger partial charge in [-0.25, -0.2) is 9.37 Å². The molecule has 0 bridgehead atoms. The van der Waals surface area contributed by atoms with E-state index in [4.69, 9.17) is 16.3 Å². The minimum atomic E-state index is -0.728. The number of halogens is 2. The van der Waals surface area contributed by atoms with Crippen molar-refractivity contribution in [3.8, 4) is 34.0 Å². The Balaban J connectivity index is 1.57. The molecule has 4 aromatic rings. The van der Waals surface area contributed by atoms with E-state index in [1.54, 1.807) is 26.7 Å². The Labute approximate surface area is 227 Å². The fourth-order valence-corrected chi connectivity index (χ4v) is 5.51. The van der Waals surface area contributed by atoms with Crippen molar-refractivity contribution in [1.29, 1.82) is 0 Å². The molecule has 0 radical (unpaired) electrons. The first kappa shape index (κ1) is 24.9. The Morgan fingerprint density at radius 2 is 2.05 bits per heavy atom. The summed E-state index contributed by atoms with van der Waals surface area (Å²) in [5.41, 5.74) is 1.55. The van der Waals surface area contributed by atoms with Crippen LogP contribution < -0.4 is 4.74 Å². The van der Waals surface area contributed by atoms with E-state index in [1.165, 1.54) is 24.3 Å². The number of fused-ring (bicyclic) bond motifs is 3. The molecule has 198 valence electrons. The molecule has 1 atom stereocenters. The number of pyridine rings is 1. The van der Waals surface area contributed by atoms with Gasteiger partial charge in [0.05, 0.1) is 29.0 Å². The smallest absolute Gasteiger partial charge is 0.260 e. The van der Waals surface area contributed by atoms with Crippen LogP contribution in [0.25, 0.3) is 33.4 Å². The Kier molecular flexibility index (Phi) is 5.99. The van der Waals surface area contributed by atoms with Crippen molar-refractivity contribution in [2.75, 3.05) is 26.2 Å². The molecular weight excluding hydrogens is 525 g/mol. The number of hydrogen-bond donors (Lipinski definition) is 1. The van der Waals surface area contributed by atoms with Gasteiger partial charge in [0.15, 0.2) is 5.75 Å². The first-order valence-electron chi connectivity index (χ1n) is 12.3. The second-order valence-corrected chi connectivity index (χ2v) is 9.83. The van der Waals surface area contributed by atoms with Crippen LogP contribution in [0.2, 0.25) is 5.02 Å². The number of nitrogens with zero attached hydrogens (tertiary/aromatic N) is 5. The molecule has 0 unspecified atom stereocenters. The molecule has 2 aromatic heterocycles. The first-order valence-corrected chi connectivity index (χ1v) is 12.6. The maximum Gasteiger partial charge on any atom is 0.260 e. The number of piperazine rings is 1. The van der Waals surface area contributed by atoms with E-state index in [-0.39, 0.29) is 70.5 Å². The van der Waals surface area contributed by atoms with Crippen LogP contribution in [-0.2, 0) is 11.8 Å². The minimum absolute atomic E-state index is 0.0478. The number of amides is 2. The number of phenols is 1. The summed E-state index contributed by atoms with van der Waals surface area (Å²) in [4.78, 5) is 34.3. The lowest BCUT2D eigenvalue weighted by Crippen LogP contribution is -2.57. The van der Waals surface area contributed by atoms with Gasteiger partial charge in [0, 0.05) is 37.6 Å². The summed E-state index contributed by atoms with van der Waals surface area (Å²) < 4.78 is 22.9. The summed E-state index contributed by atoms with van der Waals surface area (Å²) in [6, 6.07) is 8.93. The standard InChI is InChI=1S/C28H23ClFN5O4/c1-3-21(37)34-9-10-35-17(13-34)14-39-27-23(28(35)38)25(15-7-8-19-16(11-15)12-31-33(19)2)32-26(24(27)29)22-18(30)5-4-6-20(22)36/h3-8,11-12,17,36H,1,9-10,13-14H2,2H3/t17-/m1/s1. The average molecular weight is 548 g/mol. The molecule has 1 fully saturated rings. The van der Waals surface area contributed by atoms with Crippen molar-refractivity contribution in [2.24, 2.45) is 7.05 Å². The number of benzene rings is 2. The van der Waals surface area contributed by atoms with Gasteiger partial charge < -0.3 is 19.6 Å². The van der Waals surface area contributed by atoms with Crippen LogP contribution in [-0.4, -0.2) is 73.8 Å². The van der Waals surface area contributed by atoms with Crippen molar-refractivity contribution in [3.63, 3.8) is 0 Å². The van der Waals surface area contributed by atoms with Gasteiger partial charge in [0.2, 0.25) is 5.91 Å². The highest BCUT2D eigenvalue weighted by molar-refractivity contribution is 6.35. The second-order valence-electron chi connectivity index (χ2n) is 9.45. The quantitative estimate of drug-likeness (QED) is 0.389. The molecule has 6 rings (SSSR count). The van der Waals surface area contributed by atoms with Gasteiger partial charge in [-0.1, -0.05) is 30.3 Å². The fourth-order valence-electron chi connectivity index (χ4n) is 5.23. The number of hydrogen-bond acceptors (Lipinski definition) is 6. The fraction of sp³-hybridized carbons (Fsp3) is 0.214. The highest BCUT2D eigenvalue weighted by Gasteiger charge is 2.40. The maximum atomic E-state index is 15.0. The molecule has 0 aliphatic carbocycles. The van der Waals surface area contributed by atoms with E-state index >= 15 is 4.39 Å². The topological polar surface area (TPSA) is 101 Å². The molecular formula is C28H23ClFN5O4. The van der Waals surface area contributed by atoms with E-state index in [0.717, 1.165) is 10.9 Å². The van der Waals surface area contributed by atoms with Crippen LogP contribution in [0.1, 0.15) is 10.4 Å². The predicted octanol–water partition coefficient (Wildman–Crippen LogP) is 4.03. The largest absolute Gasteiger partial charge is 0.507 e. The van der Waals surface area contributed by atoms with Gasteiger partial charge in [-0.2, -0.15) is 5.10 Å². The Hall–Kier alpha value is -4.44. The Morgan fingerprint density at radius 3 is 2.82 bits per heavy atom. The summed E-state index contributed by atoms with van der Waals surface area (Å²) in [6.07, 6.45) is 2.94. The number of phenolic OH excluding ortho intramolecular Hbond substituents is 1. The predicted molar refractivity (Wildman–Crippen MR) is 143 cm³/mol. The third-order valence-electron chi connectivity index (χ3n) is 7.21. The third kappa shape index (κ3) is 3.99. The number of ether oxygens (including phenoxy) is 1. The minimum Gasteiger partial charge on any atom is -0.507 e. The number of carbonyl (C=O) groups is 2. The number of aromatic hydroxyl groups is 1. The van der Waals surface area contributed by atoms with Gasteiger partial charge in [-0.15, -0.1) is 0 Å². The van der Waals surface area contributed by atoms with Crippen molar-refractivity contribution in [1.82, 2.24) is 24.6 Å². The molecule has 2 aromatic carbocycles. The second kappa shape index (κ2) is 9.39.